The molecule has 5 aliphatic carbocycles. The molecule has 3 N–H and O–H groups in total. The highest BCUT2D eigenvalue weighted by atomic mass is 32.2. The first-order chi connectivity index (χ1) is 18.2. The normalized spacial score (nSPS) is 41.2. The largest absolute Gasteiger partial charge is 0.481 e. The first kappa shape index (κ1) is 26.7. The Balaban J connectivity index is 1.46. The summed E-state index contributed by atoms with van der Waals surface area (Å²) < 4.78 is 23.5. The Morgan fingerprint density at radius 3 is 2.31 bits per heavy atom. The van der Waals surface area contributed by atoms with Crippen molar-refractivity contribution >= 4 is 33.5 Å². The van der Waals surface area contributed by atoms with Gasteiger partial charge in [0.15, 0.2) is 0 Å². The van der Waals surface area contributed by atoms with Gasteiger partial charge in [0.25, 0.3) is 0 Å². The minimum atomic E-state index is -3.90. The lowest BCUT2D eigenvalue weighted by Gasteiger charge is -2.68. The van der Waals surface area contributed by atoms with Crippen LogP contribution in [0.3, 0.4) is 0 Å². The molecule has 8 nitrogen and oxygen atoms in total. The summed E-state index contributed by atoms with van der Waals surface area (Å²) in [7, 11) is -3.90. The summed E-state index contributed by atoms with van der Waals surface area (Å²) >= 11 is 0. The van der Waals surface area contributed by atoms with Gasteiger partial charge in [0.2, 0.25) is 21.8 Å². The Morgan fingerprint density at radius 2 is 1.72 bits per heavy atom. The van der Waals surface area contributed by atoms with E-state index in [0.29, 0.717) is 18.5 Å². The minimum absolute atomic E-state index is 0.0228. The summed E-state index contributed by atoms with van der Waals surface area (Å²) in [6.45, 7) is 8.46. The molecule has 7 rings (SSSR count). The number of hydrogen-bond donors (Lipinski definition) is 2. The van der Waals surface area contributed by atoms with E-state index in [2.05, 4.69) is 26.8 Å². The third kappa shape index (κ3) is 3.38. The van der Waals surface area contributed by atoms with E-state index in [-0.39, 0.29) is 45.8 Å². The molecule has 4 fully saturated rings. The van der Waals surface area contributed by atoms with Crippen LogP contribution in [0.2, 0.25) is 0 Å². The highest BCUT2D eigenvalue weighted by Gasteiger charge is 2.73. The standard InChI is InChI=1S/C30H38N2O6S/c1-16(2)20-15-30-13-10-21-28(3,11-5-12-29(21,4)27(35)36)22(30)14-19(20)23-24(30)26(34)32(25(23)33)17-6-8-18(9-7-17)39(31,37)38/h6-9,15-16,19,21-24H,5,10-14H2,1-4H3,(H,35,36)(H2,31,37,38)/t19-,21-,22+,23-,24+,28+,29+,30-/m1/s1. The fourth-order valence-corrected chi connectivity index (χ4v) is 10.5. The number of aliphatic carboxylic acids is 1. The van der Waals surface area contributed by atoms with Gasteiger partial charge in [-0.1, -0.05) is 38.8 Å². The van der Waals surface area contributed by atoms with Gasteiger partial charge in [-0.3, -0.25) is 19.3 Å². The molecule has 2 bridgehead atoms. The molecule has 1 heterocycles. The maximum absolute atomic E-state index is 14.3. The van der Waals surface area contributed by atoms with Gasteiger partial charge in [-0.25, -0.2) is 13.6 Å². The lowest BCUT2D eigenvalue weighted by atomic mass is 9.34. The monoisotopic (exact) mass is 554 g/mol. The van der Waals surface area contributed by atoms with E-state index in [0.717, 1.165) is 25.7 Å². The van der Waals surface area contributed by atoms with Crippen molar-refractivity contribution in [1.29, 1.82) is 0 Å². The van der Waals surface area contributed by atoms with Crippen LogP contribution in [0.5, 0.6) is 0 Å². The molecule has 0 aromatic heterocycles. The van der Waals surface area contributed by atoms with E-state index in [1.54, 1.807) is 0 Å². The molecule has 39 heavy (non-hydrogen) atoms. The number of nitrogens with zero attached hydrogens (tertiary/aromatic N) is 1. The van der Waals surface area contributed by atoms with E-state index in [4.69, 9.17) is 5.14 Å². The number of carbonyl (C=O) groups excluding carboxylic acids is 2. The number of carboxylic acid groups (broad SMARTS) is 1. The number of anilines is 1. The second-order valence-electron chi connectivity index (χ2n) is 13.5. The zero-order valence-electron chi connectivity index (χ0n) is 23.0. The molecule has 1 aromatic carbocycles. The Morgan fingerprint density at radius 1 is 1.05 bits per heavy atom. The molecule has 0 unspecified atom stereocenters. The number of hydrogen-bond acceptors (Lipinski definition) is 5. The Bertz CT molecular complexity index is 1420. The quantitative estimate of drug-likeness (QED) is 0.420. The zero-order chi connectivity index (χ0) is 28.3. The number of imide groups is 1. The Hall–Kier alpha value is -2.52. The average molecular weight is 555 g/mol. The topological polar surface area (TPSA) is 135 Å². The molecule has 210 valence electrons. The molecule has 8 atom stereocenters. The number of amides is 2. The summed E-state index contributed by atoms with van der Waals surface area (Å²) in [5.41, 5.74) is 0.0882. The molecular formula is C30H38N2O6S. The van der Waals surface area contributed by atoms with Crippen molar-refractivity contribution in [1.82, 2.24) is 0 Å². The van der Waals surface area contributed by atoms with Crippen molar-refractivity contribution < 1.29 is 27.9 Å². The molecule has 2 amide bonds. The Labute approximate surface area is 230 Å². The summed E-state index contributed by atoms with van der Waals surface area (Å²) in [5.74, 6) is -1.80. The van der Waals surface area contributed by atoms with Crippen LogP contribution < -0.4 is 10.0 Å². The van der Waals surface area contributed by atoms with Gasteiger partial charge in [0, 0.05) is 5.41 Å². The fourth-order valence-electron chi connectivity index (χ4n) is 10.00. The van der Waals surface area contributed by atoms with Crippen molar-refractivity contribution in [2.24, 2.45) is 56.9 Å². The van der Waals surface area contributed by atoms with Gasteiger partial charge >= 0.3 is 5.97 Å². The molecule has 3 saturated carbocycles. The summed E-state index contributed by atoms with van der Waals surface area (Å²) in [6.07, 6.45) is 7.01. The van der Waals surface area contributed by atoms with Crippen LogP contribution in [0.15, 0.2) is 40.8 Å². The first-order valence-electron chi connectivity index (χ1n) is 14.1. The summed E-state index contributed by atoms with van der Waals surface area (Å²) in [6, 6.07) is 5.64. The third-order valence-electron chi connectivity index (χ3n) is 11.6. The van der Waals surface area contributed by atoms with Gasteiger partial charge in [0.05, 0.1) is 27.8 Å². The number of nitrogens with two attached hydrogens (primary N) is 1. The van der Waals surface area contributed by atoms with Crippen molar-refractivity contribution in [3.05, 3.63) is 35.9 Å². The summed E-state index contributed by atoms with van der Waals surface area (Å²) in [5, 5.41) is 15.5. The van der Waals surface area contributed by atoms with Crippen molar-refractivity contribution in [2.45, 2.75) is 71.1 Å². The predicted octanol–water partition coefficient (Wildman–Crippen LogP) is 4.35. The molecule has 6 aliphatic rings. The molecular weight excluding hydrogens is 516 g/mol. The van der Waals surface area contributed by atoms with E-state index in [1.165, 1.54) is 34.7 Å². The van der Waals surface area contributed by atoms with Crippen molar-refractivity contribution in [3.8, 4) is 0 Å². The lowest BCUT2D eigenvalue weighted by molar-refractivity contribution is -0.194. The maximum Gasteiger partial charge on any atom is 0.309 e. The SMILES string of the molecule is CC(C)C1=C[C@]23CC[C@@H]4[C@](C)(CCC[C@]4(C)C(=O)O)[C@@H]2C[C@H]1[C@H]1C(=O)N(c2ccc(S(N)(=O)=O)cc2)C(=O)[C@H]13. The smallest absolute Gasteiger partial charge is 0.309 e. The maximum atomic E-state index is 14.3. The first-order valence-corrected chi connectivity index (χ1v) is 15.7. The number of sulfonamides is 1. The second kappa shape index (κ2) is 8.26. The third-order valence-corrected chi connectivity index (χ3v) is 12.5. The molecule has 1 spiro atoms. The number of allylic oxidation sites excluding steroid dienone is 2. The van der Waals surface area contributed by atoms with E-state index < -0.39 is 38.7 Å². The van der Waals surface area contributed by atoms with Crippen molar-refractivity contribution in [2.75, 3.05) is 4.90 Å². The van der Waals surface area contributed by atoms with Gasteiger partial charge in [-0.05, 0) is 92.4 Å². The van der Waals surface area contributed by atoms with Gasteiger partial charge < -0.3 is 5.11 Å². The fraction of sp³-hybridized carbons (Fsp3) is 0.633. The van der Waals surface area contributed by atoms with Crippen LogP contribution in [-0.2, 0) is 24.4 Å². The van der Waals surface area contributed by atoms with Crippen LogP contribution in [0.25, 0.3) is 0 Å². The highest BCUT2D eigenvalue weighted by Crippen LogP contribution is 2.74. The zero-order valence-corrected chi connectivity index (χ0v) is 23.8. The molecule has 1 aromatic rings. The highest BCUT2D eigenvalue weighted by molar-refractivity contribution is 7.89. The molecule has 1 aliphatic heterocycles. The van der Waals surface area contributed by atoms with E-state index in [9.17, 15) is 27.9 Å². The van der Waals surface area contributed by atoms with Crippen LogP contribution in [0.4, 0.5) is 5.69 Å². The van der Waals surface area contributed by atoms with Crippen LogP contribution in [-0.4, -0.2) is 31.3 Å². The van der Waals surface area contributed by atoms with E-state index in [1.807, 2.05) is 6.92 Å². The lowest BCUT2D eigenvalue weighted by Crippen LogP contribution is -2.65. The molecule has 0 radical (unpaired) electrons. The second-order valence-corrected chi connectivity index (χ2v) is 15.1. The summed E-state index contributed by atoms with van der Waals surface area (Å²) in [4.78, 5) is 42.1. The number of fused-ring (bicyclic) bond motifs is 1. The number of carboxylic acids is 1. The van der Waals surface area contributed by atoms with Gasteiger partial charge in [-0.15, -0.1) is 0 Å². The van der Waals surface area contributed by atoms with Crippen LogP contribution in [0.1, 0.15) is 66.2 Å². The Kier molecular flexibility index (Phi) is 5.65. The van der Waals surface area contributed by atoms with Crippen LogP contribution >= 0.6 is 0 Å². The number of rotatable bonds is 4. The van der Waals surface area contributed by atoms with E-state index >= 15 is 0 Å². The molecule has 1 saturated heterocycles. The van der Waals surface area contributed by atoms with Crippen LogP contribution in [0, 0.1) is 51.8 Å². The number of carbonyl (C=O) groups is 3. The predicted molar refractivity (Wildman–Crippen MR) is 145 cm³/mol. The van der Waals surface area contributed by atoms with Gasteiger partial charge in [0.1, 0.15) is 0 Å². The number of primary sulfonamides is 1. The average Bonchev–Trinajstić information content (AvgIpc) is 3.14. The van der Waals surface area contributed by atoms with Crippen molar-refractivity contribution in [3.63, 3.8) is 0 Å². The number of benzene rings is 1. The molecule has 9 heteroatoms. The minimum Gasteiger partial charge on any atom is -0.481 e. The van der Waals surface area contributed by atoms with Gasteiger partial charge in [-0.2, -0.15) is 0 Å².